The Bertz CT molecular complexity index is 1930. The van der Waals surface area contributed by atoms with Crippen LogP contribution in [0, 0.1) is 0 Å². The van der Waals surface area contributed by atoms with Gasteiger partial charge in [-0.2, -0.15) is 0 Å². The topological polar surface area (TPSA) is 117 Å². The van der Waals surface area contributed by atoms with Crippen LogP contribution in [0.3, 0.4) is 0 Å². The molecule has 0 atom stereocenters. The van der Waals surface area contributed by atoms with Gasteiger partial charge in [-0.25, -0.2) is 15.0 Å². The van der Waals surface area contributed by atoms with Crippen LogP contribution >= 0.6 is 0 Å². The van der Waals surface area contributed by atoms with Crippen LogP contribution in [0.5, 0.6) is 11.6 Å². The third-order valence-electron chi connectivity index (χ3n) is 8.16. The summed E-state index contributed by atoms with van der Waals surface area (Å²) in [5, 5.41) is 17.7. The second-order valence-corrected chi connectivity index (χ2v) is 11.5. The average Bonchev–Trinajstić information content (AvgIpc) is 3.12. The number of nitrogens with zero attached hydrogens (tertiary/aromatic N) is 8. The van der Waals surface area contributed by atoms with E-state index in [0.717, 1.165) is 84.8 Å². The zero-order valence-corrected chi connectivity index (χ0v) is 26.3. The zero-order chi connectivity index (χ0) is 31.8. The minimum absolute atomic E-state index is 0.467. The number of hydrogen-bond donors (Lipinski definition) is 2. The molecule has 11 nitrogen and oxygen atoms in total. The molecule has 2 aromatic carbocycles. The number of ether oxygens (including phenoxy) is 1. The fourth-order valence-electron chi connectivity index (χ4n) is 5.58. The zero-order valence-electron chi connectivity index (χ0n) is 26.3. The summed E-state index contributed by atoms with van der Waals surface area (Å²) in [5.74, 6) is 2.37. The van der Waals surface area contributed by atoms with E-state index in [0.29, 0.717) is 23.4 Å². The van der Waals surface area contributed by atoms with E-state index in [4.69, 9.17) is 9.72 Å². The molecule has 0 unspecified atom stereocenters. The van der Waals surface area contributed by atoms with Gasteiger partial charge in [0.1, 0.15) is 11.4 Å². The predicted octanol–water partition coefficient (Wildman–Crippen LogP) is 6.13. The highest BCUT2D eigenvalue weighted by Crippen LogP contribution is 2.33. The summed E-state index contributed by atoms with van der Waals surface area (Å²) in [4.78, 5) is 23.1. The minimum Gasteiger partial charge on any atom is -0.438 e. The molecule has 0 radical (unpaired) electrons. The molecule has 1 saturated heterocycles. The lowest BCUT2D eigenvalue weighted by molar-refractivity contribution is 0.154. The van der Waals surface area contributed by atoms with Crippen LogP contribution in [-0.2, 0) is 0 Å². The van der Waals surface area contributed by atoms with Crippen molar-refractivity contribution in [3.63, 3.8) is 0 Å². The van der Waals surface area contributed by atoms with Gasteiger partial charge in [0, 0.05) is 67.8 Å². The van der Waals surface area contributed by atoms with Gasteiger partial charge < -0.3 is 25.2 Å². The number of aromatic nitrogens is 6. The van der Waals surface area contributed by atoms with E-state index >= 15 is 0 Å². The third kappa shape index (κ3) is 7.32. The lowest BCUT2D eigenvalue weighted by atomic mass is 10.1. The van der Waals surface area contributed by atoms with E-state index < -0.39 is 0 Å². The lowest BCUT2D eigenvalue weighted by Gasteiger charge is -2.32. The second kappa shape index (κ2) is 14.3. The van der Waals surface area contributed by atoms with Crippen molar-refractivity contribution in [2.45, 2.75) is 6.42 Å². The molecule has 2 N–H and O–H groups in total. The van der Waals surface area contributed by atoms with Gasteiger partial charge in [-0.15, -0.1) is 10.2 Å². The molecule has 1 aliphatic rings. The van der Waals surface area contributed by atoms with Crippen molar-refractivity contribution in [1.29, 1.82) is 0 Å². The monoisotopic (exact) mass is 624 g/mol. The van der Waals surface area contributed by atoms with Gasteiger partial charge in [0.2, 0.25) is 11.8 Å². The van der Waals surface area contributed by atoms with Crippen molar-refractivity contribution in [3.8, 4) is 34.3 Å². The molecule has 0 saturated carbocycles. The van der Waals surface area contributed by atoms with Crippen molar-refractivity contribution >= 4 is 28.2 Å². The molecular weight excluding hydrogens is 588 g/mol. The number of hydrogen-bond acceptors (Lipinski definition) is 11. The summed E-state index contributed by atoms with van der Waals surface area (Å²) in [6, 6.07) is 27.2. The molecule has 1 aliphatic heterocycles. The number of piperazine rings is 1. The van der Waals surface area contributed by atoms with Gasteiger partial charge in [0.05, 0.1) is 17.0 Å². The molecule has 47 heavy (non-hydrogen) atoms. The molecule has 5 heterocycles. The normalized spacial score (nSPS) is 13.8. The number of nitrogens with one attached hydrogen (secondary N) is 2. The van der Waals surface area contributed by atoms with E-state index in [1.807, 2.05) is 84.9 Å². The van der Waals surface area contributed by atoms with Crippen LogP contribution in [-0.4, -0.2) is 86.2 Å². The van der Waals surface area contributed by atoms with Crippen LogP contribution < -0.4 is 15.4 Å². The molecule has 7 rings (SSSR count). The molecule has 0 spiro atoms. The van der Waals surface area contributed by atoms with Crippen LogP contribution in [0.2, 0.25) is 0 Å². The Morgan fingerprint density at radius 2 is 1.53 bits per heavy atom. The highest BCUT2D eigenvalue weighted by molar-refractivity contribution is 6.00. The summed E-state index contributed by atoms with van der Waals surface area (Å²) in [5.41, 5.74) is 3.90. The summed E-state index contributed by atoms with van der Waals surface area (Å²) in [7, 11) is 2.18. The van der Waals surface area contributed by atoms with E-state index in [1.165, 1.54) is 0 Å². The summed E-state index contributed by atoms with van der Waals surface area (Å²) in [6.07, 6.45) is 6.27. The Kier molecular flexibility index (Phi) is 9.16. The number of fused-ring (bicyclic) bond motifs is 1. The first-order chi connectivity index (χ1) is 23.2. The van der Waals surface area contributed by atoms with E-state index in [1.54, 1.807) is 18.6 Å². The Balaban J connectivity index is 1.01. The lowest BCUT2D eigenvalue weighted by Crippen LogP contribution is -2.44. The fourth-order valence-corrected chi connectivity index (χ4v) is 5.58. The van der Waals surface area contributed by atoms with Crippen LogP contribution in [0.15, 0.2) is 104 Å². The highest BCUT2D eigenvalue weighted by atomic mass is 16.5. The van der Waals surface area contributed by atoms with Crippen molar-refractivity contribution in [2.75, 3.05) is 56.9 Å². The molecule has 4 aromatic heterocycles. The number of benzene rings is 2. The third-order valence-corrected chi connectivity index (χ3v) is 8.16. The van der Waals surface area contributed by atoms with Crippen LogP contribution in [0.25, 0.3) is 33.4 Å². The quantitative estimate of drug-likeness (QED) is 0.162. The molecule has 6 aromatic rings. The molecule has 0 aliphatic carbocycles. The molecular formula is C36H36N10O. The van der Waals surface area contributed by atoms with Gasteiger partial charge >= 0.3 is 0 Å². The van der Waals surface area contributed by atoms with Gasteiger partial charge in [-0.05, 0) is 74.6 Å². The smallest absolute Gasteiger partial charge is 0.228 e. The molecule has 1 fully saturated rings. The number of likely N-dealkylation sites (N-methyl/N-ethyl adjacent to an activating group) is 1. The number of anilines is 3. The van der Waals surface area contributed by atoms with E-state index in [2.05, 4.69) is 52.6 Å². The van der Waals surface area contributed by atoms with Crippen molar-refractivity contribution in [3.05, 3.63) is 104 Å². The first-order valence-corrected chi connectivity index (χ1v) is 15.8. The largest absolute Gasteiger partial charge is 0.438 e. The number of pyridine rings is 2. The molecule has 0 amide bonds. The van der Waals surface area contributed by atoms with E-state index in [9.17, 15) is 0 Å². The first-order valence-electron chi connectivity index (χ1n) is 15.8. The molecule has 11 heteroatoms. The molecule has 236 valence electrons. The van der Waals surface area contributed by atoms with Crippen LogP contribution in [0.4, 0.5) is 17.5 Å². The Labute approximate surface area is 273 Å². The van der Waals surface area contributed by atoms with Crippen molar-refractivity contribution in [2.24, 2.45) is 0 Å². The number of rotatable bonds is 11. The minimum atomic E-state index is 0.467. The second-order valence-electron chi connectivity index (χ2n) is 11.5. The maximum atomic E-state index is 6.25. The van der Waals surface area contributed by atoms with Gasteiger partial charge in [0.25, 0.3) is 0 Å². The Morgan fingerprint density at radius 1 is 0.723 bits per heavy atom. The Morgan fingerprint density at radius 3 is 2.36 bits per heavy atom. The summed E-state index contributed by atoms with van der Waals surface area (Å²) < 4.78 is 6.25. The van der Waals surface area contributed by atoms with Crippen molar-refractivity contribution < 1.29 is 4.74 Å². The summed E-state index contributed by atoms with van der Waals surface area (Å²) in [6.45, 7) is 6.38. The van der Waals surface area contributed by atoms with Crippen molar-refractivity contribution in [1.82, 2.24) is 39.9 Å². The Hall–Kier alpha value is -5.52. The van der Waals surface area contributed by atoms with E-state index in [-0.39, 0.29) is 0 Å². The highest BCUT2D eigenvalue weighted by Gasteiger charge is 2.15. The van der Waals surface area contributed by atoms with Crippen LogP contribution in [0.1, 0.15) is 6.42 Å². The maximum absolute atomic E-state index is 6.25. The van der Waals surface area contributed by atoms with Gasteiger partial charge in [-0.1, -0.05) is 30.3 Å². The predicted molar refractivity (Wildman–Crippen MR) is 185 cm³/mol. The molecule has 0 bridgehead atoms. The van der Waals surface area contributed by atoms with Gasteiger partial charge in [0.15, 0.2) is 5.82 Å². The standard InChI is InChI=1S/C36H36N10O/c1-45-22-24-46(25-23-45)21-7-19-39-36-40-20-16-31(42-36)30-10-6-18-38-35(30)47-27-14-12-26(13-15-27)41-34-29-9-3-2-8-28(29)33(43-44-34)32-11-4-5-17-37-32/h2-6,8-18,20H,7,19,21-25H2,1H3,(H,41,44)(H,39,40,42). The SMILES string of the molecule is CN1CCN(CCCNc2nccc(-c3cccnc3Oc3ccc(Nc4nnc(-c5ccccn5)c5ccccc45)cc3)n2)CC1. The fraction of sp³-hybridized carbons (Fsp3) is 0.222. The van der Waals surface area contributed by atoms with Gasteiger partial charge in [-0.3, -0.25) is 4.98 Å². The summed E-state index contributed by atoms with van der Waals surface area (Å²) >= 11 is 0. The maximum Gasteiger partial charge on any atom is 0.228 e. The first kappa shape index (κ1) is 30.2. The average molecular weight is 625 g/mol.